The fraction of sp³-hybridized carbons (Fsp3) is 0.615. The first-order valence-electron chi connectivity index (χ1n) is 6.17. The molecular weight excluding hydrogens is 238 g/mol. The zero-order chi connectivity index (χ0) is 12.1. The van der Waals surface area contributed by atoms with E-state index < -0.39 is 0 Å². The summed E-state index contributed by atoms with van der Waals surface area (Å²) >= 11 is 5.79. The van der Waals surface area contributed by atoms with Crippen molar-refractivity contribution in [1.29, 1.82) is 0 Å². The molecule has 4 heteroatoms. The maximum Gasteiger partial charge on any atom is 0.132 e. The molecule has 17 heavy (non-hydrogen) atoms. The molecule has 0 saturated heterocycles. The Balaban J connectivity index is 1.67. The van der Waals surface area contributed by atoms with Gasteiger partial charge in [0.1, 0.15) is 17.0 Å². The summed E-state index contributed by atoms with van der Waals surface area (Å²) in [4.78, 5) is 3.92. The van der Waals surface area contributed by atoms with Gasteiger partial charge in [0.2, 0.25) is 0 Å². The Labute approximate surface area is 107 Å². The lowest BCUT2D eigenvalue weighted by molar-refractivity contribution is -0.0613. The molecule has 0 spiro atoms. The van der Waals surface area contributed by atoms with Crippen molar-refractivity contribution in [3.8, 4) is 5.75 Å². The van der Waals surface area contributed by atoms with Crippen LogP contribution in [0.1, 0.15) is 32.6 Å². The predicted octanol–water partition coefficient (Wildman–Crippen LogP) is 3.46. The molecule has 0 radical (unpaired) electrons. The van der Waals surface area contributed by atoms with E-state index >= 15 is 0 Å². The molecule has 1 aliphatic rings. The van der Waals surface area contributed by atoms with Gasteiger partial charge < -0.3 is 9.47 Å². The number of nitrogens with zero attached hydrogens (tertiary/aromatic N) is 1. The molecule has 2 rings (SSSR count). The SMILES string of the molecule is CCCCOC1CC(Oc2ccnc(Cl)c2)C1. The van der Waals surface area contributed by atoms with Crippen molar-refractivity contribution in [3.63, 3.8) is 0 Å². The van der Waals surface area contributed by atoms with Gasteiger partial charge in [-0.25, -0.2) is 4.98 Å². The van der Waals surface area contributed by atoms with E-state index in [-0.39, 0.29) is 6.10 Å². The van der Waals surface area contributed by atoms with Crippen LogP contribution >= 0.6 is 11.6 Å². The number of rotatable bonds is 6. The van der Waals surface area contributed by atoms with Crippen LogP contribution in [0.5, 0.6) is 5.75 Å². The molecule has 1 fully saturated rings. The maximum absolute atomic E-state index is 5.79. The van der Waals surface area contributed by atoms with Crippen molar-refractivity contribution in [2.75, 3.05) is 6.61 Å². The highest BCUT2D eigenvalue weighted by molar-refractivity contribution is 6.29. The second kappa shape index (κ2) is 6.22. The molecule has 1 aliphatic carbocycles. The summed E-state index contributed by atoms with van der Waals surface area (Å²) in [6.07, 6.45) is 6.58. The molecule has 0 N–H and O–H groups in total. The van der Waals surface area contributed by atoms with Crippen LogP contribution < -0.4 is 4.74 Å². The molecule has 94 valence electrons. The topological polar surface area (TPSA) is 31.4 Å². The van der Waals surface area contributed by atoms with E-state index in [1.54, 1.807) is 12.3 Å². The zero-order valence-corrected chi connectivity index (χ0v) is 10.8. The van der Waals surface area contributed by atoms with Crippen LogP contribution in [0.3, 0.4) is 0 Å². The van der Waals surface area contributed by atoms with Crippen molar-refractivity contribution < 1.29 is 9.47 Å². The van der Waals surface area contributed by atoms with Gasteiger partial charge in [-0.15, -0.1) is 0 Å². The number of hydrogen-bond acceptors (Lipinski definition) is 3. The number of aromatic nitrogens is 1. The summed E-state index contributed by atoms with van der Waals surface area (Å²) in [5, 5.41) is 0.470. The Bertz CT molecular complexity index is 353. The van der Waals surface area contributed by atoms with E-state index in [2.05, 4.69) is 11.9 Å². The molecular formula is C13H18ClNO2. The average molecular weight is 256 g/mol. The third kappa shape index (κ3) is 3.86. The van der Waals surface area contributed by atoms with Crippen LogP contribution in [0.25, 0.3) is 0 Å². The highest BCUT2D eigenvalue weighted by atomic mass is 35.5. The van der Waals surface area contributed by atoms with Gasteiger partial charge in [-0.2, -0.15) is 0 Å². The lowest BCUT2D eigenvalue weighted by Crippen LogP contribution is -2.39. The van der Waals surface area contributed by atoms with Crippen molar-refractivity contribution in [2.45, 2.75) is 44.8 Å². The van der Waals surface area contributed by atoms with Gasteiger partial charge >= 0.3 is 0 Å². The summed E-state index contributed by atoms with van der Waals surface area (Å²) in [7, 11) is 0. The molecule has 0 aliphatic heterocycles. The summed E-state index contributed by atoms with van der Waals surface area (Å²) in [6.45, 7) is 3.04. The minimum absolute atomic E-state index is 0.264. The lowest BCUT2D eigenvalue weighted by Gasteiger charge is -2.35. The second-order valence-corrected chi connectivity index (χ2v) is 4.76. The minimum Gasteiger partial charge on any atom is -0.490 e. The highest BCUT2D eigenvalue weighted by Gasteiger charge is 2.31. The first-order chi connectivity index (χ1) is 8.28. The van der Waals surface area contributed by atoms with Gasteiger partial charge in [-0.05, 0) is 12.5 Å². The van der Waals surface area contributed by atoms with E-state index in [9.17, 15) is 0 Å². The van der Waals surface area contributed by atoms with Crippen molar-refractivity contribution in [3.05, 3.63) is 23.5 Å². The van der Waals surface area contributed by atoms with Gasteiger partial charge in [0, 0.05) is 31.7 Å². The van der Waals surface area contributed by atoms with Crippen molar-refractivity contribution in [1.82, 2.24) is 4.98 Å². The molecule has 1 aromatic rings. The van der Waals surface area contributed by atoms with Crippen LogP contribution in [-0.2, 0) is 4.74 Å². The Hall–Kier alpha value is -0.800. The second-order valence-electron chi connectivity index (χ2n) is 4.37. The molecule has 1 saturated carbocycles. The van der Waals surface area contributed by atoms with Gasteiger partial charge in [0.05, 0.1) is 6.10 Å². The third-order valence-corrected chi connectivity index (χ3v) is 3.11. The number of ether oxygens (including phenoxy) is 2. The Kier molecular flexibility index (Phi) is 4.63. The first kappa shape index (κ1) is 12.7. The fourth-order valence-electron chi connectivity index (χ4n) is 1.79. The molecule has 3 nitrogen and oxygen atoms in total. The van der Waals surface area contributed by atoms with Crippen LogP contribution in [0, 0.1) is 0 Å². The largest absolute Gasteiger partial charge is 0.490 e. The Morgan fingerprint density at radius 1 is 1.41 bits per heavy atom. The third-order valence-electron chi connectivity index (χ3n) is 2.90. The number of halogens is 1. The van der Waals surface area contributed by atoms with Crippen LogP contribution in [0.2, 0.25) is 5.15 Å². The maximum atomic E-state index is 5.79. The van der Waals surface area contributed by atoms with E-state index in [1.807, 2.05) is 6.07 Å². The Morgan fingerprint density at radius 3 is 2.94 bits per heavy atom. The van der Waals surface area contributed by atoms with E-state index in [4.69, 9.17) is 21.1 Å². The number of hydrogen-bond donors (Lipinski definition) is 0. The minimum atomic E-state index is 0.264. The van der Waals surface area contributed by atoms with Crippen molar-refractivity contribution in [2.24, 2.45) is 0 Å². The first-order valence-corrected chi connectivity index (χ1v) is 6.55. The van der Waals surface area contributed by atoms with Crippen molar-refractivity contribution >= 4 is 11.6 Å². The monoisotopic (exact) mass is 255 g/mol. The lowest BCUT2D eigenvalue weighted by atomic mass is 9.92. The van der Waals surface area contributed by atoms with Gasteiger partial charge in [0.15, 0.2) is 0 Å². The van der Waals surface area contributed by atoms with Gasteiger partial charge in [-0.1, -0.05) is 24.9 Å². The van der Waals surface area contributed by atoms with E-state index in [1.165, 1.54) is 6.42 Å². The number of pyridine rings is 1. The van der Waals surface area contributed by atoms with Crippen LogP contribution in [0.15, 0.2) is 18.3 Å². The standard InChI is InChI=1S/C13H18ClNO2/c1-2-3-6-16-11-7-12(8-11)17-10-4-5-15-13(14)9-10/h4-5,9,11-12H,2-3,6-8H2,1H3. The van der Waals surface area contributed by atoms with Gasteiger partial charge in [0.25, 0.3) is 0 Å². The Morgan fingerprint density at radius 2 is 2.24 bits per heavy atom. The van der Waals surface area contributed by atoms with Gasteiger partial charge in [-0.3, -0.25) is 0 Å². The molecule has 0 aromatic carbocycles. The summed E-state index contributed by atoms with van der Waals surface area (Å²) in [5.74, 6) is 0.794. The fourth-order valence-corrected chi connectivity index (χ4v) is 1.96. The summed E-state index contributed by atoms with van der Waals surface area (Å²) < 4.78 is 11.5. The molecule has 0 unspecified atom stereocenters. The quantitative estimate of drug-likeness (QED) is 0.576. The molecule has 0 atom stereocenters. The van der Waals surface area contributed by atoms with Crippen LogP contribution in [-0.4, -0.2) is 23.8 Å². The molecule has 0 bridgehead atoms. The average Bonchev–Trinajstić information content (AvgIpc) is 2.26. The van der Waals surface area contributed by atoms with Crippen LogP contribution in [0.4, 0.5) is 0 Å². The number of unbranched alkanes of at least 4 members (excludes halogenated alkanes) is 1. The highest BCUT2D eigenvalue weighted by Crippen LogP contribution is 2.28. The molecule has 0 amide bonds. The molecule has 1 heterocycles. The van der Waals surface area contributed by atoms with E-state index in [0.29, 0.717) is 11.3 Å². The normalized spacial score (nSPS) is 23.2. The molecule has 1 aromatic heterocycles. The smallest absolute Gasteiger partial charge is 0.132 e. The summed E-state index contributed by atoms with van der Waals surface area (Å²) in [6, 6.07) is 3.57. The summed E-state index contributed by atoms with van der Waals surface area (Å²) in [5.41, 5.74) is 0. The zero-order valence-electron chi connectivity index (χ0n) is 10.1. The van der Waals surface area contributed by atoms with E-state index in [0.717, 1.165) is 31.6 Å². The predicted molar refractivity (Wildman–Crippen MR) is 67.5 cm³/mol.